The van der Waals surface area contributed by atoms with Crippen molar-refractivity contribution in [3.8, 4) is 5.75 Å². The number of furan rings is 1. The number of ether oxygens (including phenoxy) is 1. The minimum Gasteiger partial charge on any atom is -0.493 e. The standard InChI is InChI=1S/C26H24N2O4/c1-17(2)16-31-22-13-7-18(8-14-22)25(29)27-20-9-11-21(12-10-20)28-26(30)24-15-19-5-3-4-6-23(19)32-24/h3-15,17H,16H2,1-2H3,(H,27,29)(H,28,30). The molecule has 0 aliphatic carbocycles. The lowest BCUT2D eigenvalue weighted by Gasteiger charge is -2.10. The molecule has 2 N–H and O–H groups in total. The topological polar surface area (TPSA) is 80.6 Å². The summed E-state index contributed by atoms with van der Waals surface area (Å²) in [6, 6.07) is 23.1. The van der Waals surface area contributed by atoms with Crippen LogP contribution in [0.25, 0.3) is 11.0 Å². The highest BCUT2D eigenvalue weighted by Gasteiger charge is 2.13. The maximum Gasteiger partial charge on any atom is 0.291 e. The summed E-state index contributed by atoms with van der Waals surface area (Å²) in [4.78, 5) is 24.9. The molecule has 0 unspecified atom stereocenters. The van der Waals surface area contributed by atoms with Gasteiger partial charge in [0.25, 0.3) is 11.8 Å². The zero-order chi connectivity index (χ0) is 22.5. The highest BCUT2D eigenvalue weighted by Crippen LogP contribution is 2.21. The Morgan fingerprint density at radius 2 is 1.47 bits per heavy atom. The van der Waals surface area contributed by atoms with Gasteiger partial charge in [0.1, 0.15) is 11.3 Å². The van der Waals surface area contributed by atoms with Gasteiger partial charge in [-0.1, -0.05) is 32.0 Å². The Balaban J connectivity index is 1.35. The number of hydrogen-bond donors (Lipinski definition) is 2. The van der Waals surface area contributed by atoms with Crippen LogP contribution in [0.15, 0.2) is 83.3 Å². The second-order valence-electron chi connectivity index (χ2n) is 7.86. The summed E-state index contributed by atoms with van der Waals surface area (Å²) in [5.41, 5.74) is 2.41. The van der Waals surface area contributed by atoms with Gasteiger partial charge in [-0.3, -0.25) is 9.59 Å². The van der Waals surface area contributed by atoms with Crippen molar-refractivity contribution in [1.82, 2.24) is 0 Å². The van der Waals surface area contributed by atoms with Gasteiger partial charge in [-0.2, -0.15) is 0 Å². The summed E-state index contributed by atoms with van der Waals surface area (Å²) in [5.74, 6) is 0.853. The molecule has 2 amide bonds. The number of para-hydroxylation sites is 1. The number of anilines is 2. The first kappa shape index (κ1) is 21.2. The number of carbonyl (C=O) groups is 2. The molecule has 1 aromatic heterocycles. The van der Waals surface area contributed by atoms with E-state index < -0.39 is 0 Å². The lowest BCUT2D eigenvalue weighted by Crippen LogP contribution is -2.13. The summed E-state index contributed by atoms with van der Waals surface area (Å²) in [6.45, 7) is 4.79. The lowest BCUT2D eigenvalue weighted by atomic mass is 10.2. The smallest absolute Gasteiger partial charge is 0.291 e. The molecule has 0 spiro atoms. The number of nitrogens with one attached hydrogen (secondary N) is 2. The predicted octanol–water partition coefficient (Wildman–Crippen LogP) is 5.97. The molecule has 0 fully saturated rings. The van der Waals surface area contributed by atoms with Crippen LogP contribution >= 0.6 is 0 Å². The molecule has 0 saturated heterocycles. The third kappa shape index (κ3) is 5.16. The summed E-state index contributed by atoms with van der Waals surface area (Å²) < 4.78 is 11.2. The number of amides is 2. The Morgan fingerprint density at radius 1 is 0.844 bits per heavy atom. The van der Waals surface area contributed by atoms with Crippen molar-refractivity contribution >= 4 is 34.2 Å². The molecule has 3 aromatic carbocycles. The first-order valence-electron chi connectivity index (χ1n) is 10.4. The van der Waals surface area contributed by atoms with Crippen LogP contribution in [0.1, 0.15) is 34.8 Å². The minimum atomic E-state index is -0.335. The van der Waals surface area contributed by atoms with Crippen LogP contribution < -0.4 is 15.4 Å². The zero-order valence-electron chi connectivity index (χ0n) is 17.9. The number of carbonyl (C=O) groups excluding carboxylic acids is 2. The van der Waals surface area contributed by atoms with Crippen LogP contribution in [0.3, 0.4) is 0 Å². The first-order chi connectivity index (χ1) is 15.5. The highest BCUT2D eigenvalue weighted by molar-refractivity contribution is 6.06. The first-order valence-corrected chi connectivity index (χ1v) is 10.4. The van der Waals surface area contributed by atoms with E-state index in [4.69, 9.17) is 9.15 Å². The molecular formula is C26H24N2O4. The van der Waals surface area contributed by atoms with Gasteiger partial charge < -0.3 is 19.8 Å². The molecule has 1 heterocycles. The third-order valence-corrected chi connectivity index (χ3v) is 4.75. The number of rotatable bonds is 7. The fraction of sp³-hybridized carbons (Fsp3) is 0.154. The van der Waals surface area contributed by atoms with E-state index in [0.29, 0.717) is 35.0 Å². The maximum atomic E-state index is 12.5. The van der Waals surface area contributed by atoms with Crippen molar-refractivity contribution in [3.05, 3.63) is 90.2 Å². The maximum absolute atomic E-state index is 12.5. The van der Waals surface area contributed by atoms with E-state index in [9.17, 15) is 9.59 Å². The molecule has 162 valence electrons. The average Bonchev–Trinajstić information content (AvgIpc) is 3.24. The minimum absolute atomic E-state index is 0.223. The Morgan fingerprint density at radius 3 is 2.09 bits per heavy atom. The summed E-state index contributed by atoms with van der Waals surface area (Å²) in [7, 11) is 0. The van der Waals surface area contributed by atoms with Crippen LogP contribution in [0.2, 0.25) is 0 Å². The molecule has 4 rings (SSSR count). The Kier molecular flexibility index (Phi) is 6.22. The number of hydrogen-bond acceptors (Lipinski definition) is 4. The highest BCUT2D eigenvalue weighted by atomic mass is 16.5. The second-order valence-corrected chi connectivity index (χ2v) is 7.86. The zero-order valence-corrected chi connectivity index (χ0v) is 17.9. The average molecular weight is 428 g/mol. The van der Waals surface area contributed by atoms with Crippen LogP contribution in [-0.2, 0) is 0 Å². The van der Waals surface area contributed by atoms with Gasteiger partial charge in [-0.25, -0.2) is 0 Å². The number of benzene rings is 3. The summed E-state index contributed by atoms with van der Waals surface area (Å²) in [5, 5.41) is 6.52. The Labute approximate surface area is 186 Å². The van der Waals surface area contributed by atoms with E-state index in [0.717, 1.165) is 11.1 Å². The largest absolute Gasteiger partial charge is 0.493 e. The van der Waals surface area contributed by atoms with Gasteiger partial charge >= 0.3 is 0 Å². The van der Waals surface area contributed by atoms with Gasteiger partial charge in [-0.05, 0) is 66.6 Å². The molecule has 0 aliphatic rings. The summed E-state index contributed by atoms with van der Waals surface area (Å²) >= 11 is 0. The van der Waals surface area contributed by atoms with E-state index in [1.54, 1.807) is 54.6 Å². The quantitative estimate of drug-likeness (QED) is 0.380. The van der Waals surface area contributed by atoms with Gasteiger partial charge in [0.15, 0.2) is 5.76 Å². The Bertz CT molecular complexity index is 1190. The van der Waals surface area contributed by atoms with Crippen molar-refractivity contribution in [3.63, 3.8) is 0 Å². The number of fused-ring (bicyclic) bond motifs is 1. The molecule has 32 heavy (non-hydrogen) atoms. The third-order valence-electron chi connectivity index (χ3n) is 4.75. The SMILES string of the molecule is CC(C)COc1ccc(C(=O)Nc2ccc(NC(=O)c3cc4ccccc4o3)cc2)cc1. The van der Waals surface area contributed by atoms with Gasteiger partial charge in [0.2, 0.25) is 0 Å². The van der Waals surface area contributed by atoms with Crippen molar-refractivity contribution in [1.29, 1.82) is 0 Å². The molecule has 4 aromatic rings. The molecule has 0 atom stereocenters. The molecular weight excluding hydrogens is 404 g/mol. The van der Waals surface area contributed by atoms with Crippen LogP contribution in [-0.4, -0.2) is 18.4 Å². The molecule has 0 bridgehead atoms. The molecule has 0 saturated carbocycles. The van der Waals surface area contributed by atoms with Gasteiger partial charge in [-0.15, -0.1) is 0 Å². The van der Waals surface area contributed by atoms with E-state index in [1.807, 2.05) is 24.3 Å². The van der Waals surface area contributed by atoms with Crippen molar-refractivity contribution < 1.29 is 18.7 Å². The van der Waals surface area contributed by atoms with Crippen LogP contribution in [0.5, 0.6) is 5.75 Å². The summed E-state index contributed by atoms with van der Waals surface area (Å²) in [6.07, 6.45) is 0. The normalized spacial score (nSPS) is 10.8. The second kappa shape index (κ2) is 9.39. The fourth-order valence-electron chi connectivity index (χ4n) is 3.09. The Hall–Kier alpha value is -4.06. The molecule has 6 heteroatoms. The van der Waals surface area contributed by atoms with E-state index in [-0.39, 0.29) is 17.6 Å². The van der Waals surface area contributed by atoms with Crippen molar-refractivity contribution in [2.24, 2.45) is 5.92 Å². The van der Waals surface area contributed by atoms with E-state index in [2.05, 4.69) is 24.5 Å². The van der Waals surface area contributed by atoms with Crippen LogP contribution in [0, 0.1) is 5.92 Å². The van der Waals surface area contributed by atoms with Gasteiger partial charge in [0.05, 0.1) is 6.61 Å². The monoisotopic (exact) mass is 428 g/mol. The molecule has 0 radical (unpaired) electrons. The lowest BCUT2D eigenvalue weighted by molar-refractivity contribution is 0.0996. The van der Waals surface area contributed by atoms with Crippen LogP contribution in [0.4, 0.5) is 11.4 Å². The van der Waals surface area contributed by atoms with Crippen molar-refractivity contribution in [2.75, 3.05) is 17.2 Å². The van der Waals surface area contributed by atoms with E-state index in [1.165, 1.54) is 0 Å². The predicted molar refractivity (Wildman–Crippen MR) is 125 cm³/mol. The molecule has 6 nitrogen and oxygen atoms in total. The van der Waals surface area contributed by atoms with Crippen molar-refractivity contribution in [2.45, 2.75) is 13.8 Å². The fourth-order valence-corrected chi connectivity index (χ4v) is 3.09. The molecule has 0 aliphatic heterocycles. The van der Waals surface area contributed by atoms with E-state index >= 15 is 0 Å². The van der Waals surface area contributed by atoms with Gasteiger partial charge in [0, 0.05) is 22.3 Å².